The Hall–Kier alpha value is -1.01. The number of nitrogens with zero attached hydrogens (tertiary/aromatic N) is 2. The number of benzene rings is 1. The van der Waals surface area contributed by atoms with E-state index in [9.17, 15) is 0 Å². The Bertz CT molecular complexity index is 577. The average molecular weight is 336 g/mol. The molecule has 1 aromatic heterocycles. The van der Waals surface area contributed by atoms with Crippen LogP contribution in [0.15, 0.2) is 16.5 Å². The molecule has 1 aromatic carbocycles. The lowest BCUT2D eigenvalue weighted by atomic mass is 10.3. The maximum absolute atomic E-state index is 6.06. The van der Waals surface area contributed by atoms with Crippen LogP contribution in [0, 0.1) is 0 Å². The number of anilines is 2. The van der Waals surface area contributed by atoms with Crippen molar-refractivity contribution in [3.63, 3.8) is 0 Å². The van der Waals surface area contributed by atoms with E-state index in [0.717, 1.165) is 0 Å². The van der Waals surface area contributed by atoms with Gasteiger partial charge in [0.25, 0.3) is 0 Å². The van der Waals surface area contributed by atoms with Gasteiger partial charge in [-0.25, -0.2) is 0 Å². The van der Waals surface area contributed by atoms with Gasteiger partial charge in [0.15, 0.2) is 0 Å². The van der Waals surface area contributed by atoms with Gasteiger partial charge in [-0.1, -0.05) is 53.7 Å². The highest BCUT2D eigenvalue weighted by atomic mass is 35.5. The molecule has 0 aliphatic carbocycles. The van der Waals surface area contributed by atoms with E-state index in [4.69, 9.17) is 39.2 Å². The van der Waals surface area contributed by atoms with E-state index >= 15 is 0 Å². The fourth-order valence-corrected chi connectivity index (χ4v) is 2.35. The van der Waals surface area contributed by atoms with Crippen molar-refractivity contribution < 1.29 is 4.42 Å². The molecule has 2 N–H and O–H groups in total. The van der Waals surface area contributed by atoms with Crippen LogP contribution in [-0.4, -0.2) is 16.2 Å². The summed E-state index contributed by atoms with van der Waals surface area (Å²) in [5, 5.41) is 15.1. The Kier molecular flexibility index (Phi) is 5.10. The van der Waals surface area contributed by atoms with Gasteiger partial charge in [0, 0.05) is 11.1 Å². The lowest BCUT2D eigenvalue weighted by Gasteiger charge is -2.07. The highest BCUT2D eigenvalue weighted by molar-refractivity contribution is 6.41. The van der Waals surface area contributed by atoms with Crippen molar-refractivity contribution in [3.8, 4) is 0 Å². The molecule has 0 saturated carbocycles. The third-order valence-electron chi connectivity index (χ3n) is 2.37. The Morgan fingerprint density at radius 2 is 1.80 bits per heavy atom. The first-order chi connectivity index (χ1) is 9.45. The highest BCUT2D eigenvalue weighted by Gasteiger charge is 2.12. The molecule has 0 radical (unpaired) electrons. The monoisotopic (exact) mass is 334 g/mol. The molecule has 0 aliphatic heterocycles. The Morgan fingerprint density at radius 1 is 1.15 bits per heavy atom. The second-order valence-corrected chi connectivity index (χ2v) is 5.66. The van der Waals surface area contributed by atoms with Crippen LogP contribution in [0.4, 0.5) is 11.7 Å². The van der Waals surface area contributed by atoms with E-state index < -0.39 is 0 Å². The molecule has 108 valence electrons. The van der Waals surface area contributed by atoms with Gasteiger partial charge < -0.3 is 15.1 Å². The first-order valence-electron chi connectivity index (χ1n) is 5.93. The topological polar surface area (TPSA) is 63.0 Å². The van der Waals surface area contributed by atoms with Crippen molar-refractivity contribution in [2.45, 2.75) is 26.4 Å². The van der Waals surface area contributed by atoms with Crippen molar-refractivity contribution in [3.05, 3.63) is 33.1 Å². The molecule has 20 heavy (non-hydrogen) atoms. The summed E-state index contributed by atoms with van der Waals surface area (Å²) in [5.74, 6) is 0.474. The van der Waals surface area contributed by atoms with Crippen molar-refractivity contribution in [2.75, 3.05) is 5.32 Å². The minimum Gasteiger partial charge on any atom is -0.406 e. The largest absolute Gasteiger partial charge is 0.406 e. The van der Waals surface area contributed by atoms with Gasteiger partial charge in [-0.3, -0.25) is 0 Å². The van der Waals surface area contributed by atoms with E-state index in [1.54, 1.807) is 12.1 Å². The summed E-state index contributed by atoms with van der Waals surface area (Å²) in [4.78, 5) is 0. The molecule has 0 spiro atoms. The smallest absolute Gasteiger partial charge is 0.320 e. The molecule has 0 atom stereocenters. The molecule has 0 fully saturated rings. The summed E-state index contributed by atoms with van der Waals surface area (Å²) < 4.78 is 5.43. The molecule has 0 saturated heterocycles. The molecule has 5 nitrogen and oxygen atoms in total. The predicted octanol–water partition coefficient (Wildman–Crippen LogP) is 4.27. The molecular formula is C12H13Cl3N4O. The standard InChI is InChI=1S/C12H13Cl3N4O/c1-6(2)16-5-10-18-19-12(20-10)17-11-8(14)3-7(13)4-9(11)15/h3-4,6,16H,5H2,1-2H3,(H,17,19). The first-order valence-corrected chi connectivity index (χ1v) is 7.06. The number of hydrogen-bond acceptors (Lipinski definition) is 5. The molecule has 0 amide bonds. The van der Waals surface area contributed by atoms with Crippen LogP contribution in [0.3, 0.4) is 0 Å². The van der Waals surface area contributed by atoms with Crippen LogP contribution in [0.5, 0.6) is 0 Å². The number of rotatable bonds is 5. The molecule has 8 heteroatoms. The van der Waals surface area contributed by atoms with Crippen LogP contribution < -0.4 is 10.6 Å². The number of hydrogen-bond donors (Lipinski definition) is 2. The third-order valence-corrected chi connectivity index (χ3v) is 3.18. The normalized spacial score (nSPS) is 11.1. The number of aromatic nitrogens is 2. The fourth-order valence-electron chi connectivity index (χ4n) is 1.44. The SMILES string of the molecule is CC(C)NCc1nnc(Nc2c(Cl)cc(Cl)cc2Cl)o1. The zero-order valence-corrected chi connectivity index (χ0v) is 13.1. The fraction of sp³-hybridized carbons (Fsp3) is 0.333. The van der Waals surface area contributed by atoms with Crippen LogP contribution in [0.25, 0.3) is 0 Å². The quantitative estimate of drug-likeness (QED) is 0.854. The second-order valence-electron chi connectivity index (χ2n) is 4.41. The molecule has 1 heterocycles. The van der Waals surface area contributed by atoms with Gasteiger partial charge in [-0.2, -0.15) is 0 Å². The lowest BCUT2D eigenvalue weighted by Crippen LogP contribution is -2.21. The van der Waals surface area contributed by atoms with Gasteiger partial charge in [-0.05, 0) is 12.1 Å². The van der Waals surface area contributed by atoms with E-state index in [1.807, 2.05) is 13.8 Å². The van der Waals surface area contributed by atoms with E-state index in [2.05, 4.69) is 20.8 Å². The minimum atomic E-state index is 0.219. The van der Waals surface area contributed by atoms with Gasteiger partial charge in [-0.15, -0.1) is 5.10 Å². The van der Waals surface area contributed by atoms with Gasteiger partial charge in [0.2, 0.25) is 5.89 Å². The van der Waals surface area contributed by atoms with Crippen LogP contribution in [0.2, 0.25) is 15.1 Å². The second kappa shape index (κ2) is 6.63. The average Bonchev–Trinajstić information content (AvgIpc) is 2.79. The molecule has 0 aliphatic rings. The van der Waals surface area contributed by atoms with Crippen LogP contribution >= 0.6 is 34.8 Å². The third kappa shape index (κ3) is 3.99. The molecular weight excluding hydrogens is 323 g/mol. The van der Waals surface area contributed by atoms with Crippen molar-refractivity contribution in [1.82, 2.24) is 15.5 Å². The maximum atomic E-state index is 6.06. The van der Waals surface area contributed by atoms with Crippen molar-refractivity contribution in [2.24, 2.45) is 0 Å². The van der Waals surface area contributed by atoms with E-state index in [0.29, 0.717) is 39.2 Å². The summed E-state index contributed by atoms with van der Waals surface area (Å²) >= 11 is 18.0. The highest BCUT2D eigenvalue weighted by Crippen LogP contribution is 2.35. The number of halogens is 3. The maximum Gasteiger partial charge on any atom is 0.320 e. The van der Waals surface area contributed by atoms with Crippen molar-refractivity contribution >= 4 is 46.5 Å². The van der Waals surface area contributed by atoms with Gasteiger partial charge in [0.05, 0.1) is 22.3 Å². The molecule has 0 unspecified atom stereocenters. The van der Waals surface area contributed by atoms with Gasteiger partial charge in [0.1, 0.15) is 0 Å². The van der Waals surface area contributed by atoms with E-state index in [-0.39, 0.29) is 6.01 Å². The Balaban J connectivity index is 2.11. The summed E-state index contributed by atoms with van der Waals surface area (Å²) in [6.45, 7) is 4.56. The summed E-state index contributed by atoms with van der Waals surface area (Å²) in [7, 11) is 0. The summed E-state index contributed by atoms with van der Waals surface area (Å²) in [6.07, 6.45) is 0. The Labute approximate surface area is 131 Å². The minimum absolute atomic E-state index is 0.219. The number of nitrogens with one attached hydrogen (secondary N) is 2. The Morgan fingerprint density at radius 3 is 2.40 bits per heavy atom. The van der Waals surface area contributed by atoms with Crippen molar-refractivity contribution in [1.29, 1.82) is 0 Å². The molecule has 2 rings (SSSR count). The molecule has 2 aromatic rings. The van der Waals surface area contributed by atoms with Crippen LogP contribution in [-0.2, 0) is 6.54 Å². The predicted molar refractivity (Wildman–Crippen MR) is 81.0 cm³/mol. The van der Waals surface area contributed by atoms with E-state index in [1.165, 1.54) is 0 Å². The first kappa shape index (κ1) is 15.4. The zero-order valence-electron chi connectivity index (χ0n) is 10.9. The zero-order chi connectivity index (χ0) is 14.7. The summed E-state index contributed by atoms with van der Waals surface area (Å²) in [6, 6.07) is 3.71. The van der Waals surface area contributed by atoms with Gasteiger partial charge >= 0.3 is 6.01 Å². The summed E-state index contributed by atoms with van der Waals surface area (Å²) in [5.41, 5.74) is 0.477. The lowest BCUT2D eigenvalue weighted by molar-refractivity contribution is 0.460. The van der Waals surface area contributed by atoms with Crippen LogP contribution in [0.1, 0.15) is 19.7 Å². The molecule has 0 bridgehead atoms.